The van der Waals surface area contributed by atoms with Gasteiger partial charge in [-0.05, 0) is 42.4 Å². The molecule has 0 bridgehead atoms. The molecular formula is C18H38O. The first-order valence-corrected chi connectivity index (χ1v) is 8.70. The molecule has 19 heavy (non-hydrogen) atoms. The Labute approximate surface area is 122 Å². The van der Waals surface area contributed by atoms with E-state index < -0.39 is 0 Å². The molecule has 1 heteroatoms. The molecule has 0 aromatic rings. The van der Waals surface area contributed by atoms with Crippen LogP contribution in [0, 0.1) is 29.6 Å². The Morgan fingerprint density at radius 2 is 1.68 bits per heavy atom. The van der Waals surface area contributed by atoms with Gasteiger partial charge in [-0.1, -0.05) is 67.2 Å². The standard InChI is InChI=1S/C11H20.C5H12O.C2H6/c1-3-9-7-11(9)8(2)10-5-4-6-10;1-5(2)3-4-6;1-2/h8-11H,3-7H2,1-2H3;5-6H,3-4H2,1-2H3;1-2H3. The maximum absolute atomic E-state index is 8.24. The molecule has 0 saturated heterocycles. The molecule has 0 heterocycles. The van der Waals surface area contributed by atoms with Crippen LogP contribution < -0.4 is 0 Å². The van der Waals surface area contributed by atoms with Crippen molar-refractivity contribution < 1.29 is 5.11 Å². The van der Waals surface area contributed by atoms with E-state index in [2.05, 4.69) is 27.7 Å². The maximum atomic E-state index is 8.24. The minimum atomic E-state index is 0.331. The van der Waals surface area contributed by atoms with E-state index in [9.17, 15) is 0 Å². The van der Waals surface area contributed by atoms with E-state index >= 15 is 0 Å². The van der Waals surface area contributed by atoms with Crippen LogP contribution in [0.1, 0.15) is 80.1 Å². The summed E-state index contributed by atoms with van der Waals surface area (Å²) in [5, 5.41) is 8.24. The van der Waals surface area contributed by atoms with E-state index in [1.54, 1.807) is 6.42 Å². The fourth-order valence-electron chi connectivity index (χ4n) is 2.96. The molecule has 2 fully saturated rings. The lowest BCUT2D eigenvalue weighted by Crippen LogP contribution is -2.21. The van der Waals surface area contributed by atoms with Crippen LogP contribution in [0.25, 0.3) is 0 Å². The summed E-state index contributed by atoms with van der Waals surface area (Å²) in [6.07, 6.45) is 8.50. The van der Waals surface area contributed by atoms with Gasteiger partial charge in [-0.25, -0.2) is 0 Å². The van der Waals surface area contributed by atoms with E-state index in [1.165, 1.54) is 25.7 Å². The van der Waals surface area contributed by atoms with Gasteiger partial charge in [-0.15, -0.1) is 0 Å². The van der Waals surface area contributed by atoms with Crippen molar-refractivity contribution in [2.24, 2.45) is 29.6 Å². The van der Waals surface area contributed by atoms with Gasteiger partial charge >= 0.3 is 0 Å². The normalized spacial score (nSPS) is 26.5. The van der Waals surface area contributed by atoms with Gasteiger partial charge in [0, 0.05) is 6.61 Å². The van der Waals surface area contributed by atoms with Crippen LogP contribution >= 0.6 is 0 Å². The van der Waals surface area contributed by atoms with E-state index in [1.807, 2.05) is 13.8 Å². The van der Waals surface area contributed by atoms with Crippen LogP contribution in [0.15, 0.2) is 0 Å². The molecule has 0 aromatic heterocycles. The van der Waals surface area contributed by atoms with E-state index in [0.717, 1.165) is 30.1 Å². The van der Waals surface area contributed by atoms with Gasteiger partial charge in [-0.2, -0.15) is 0 Å². The molecule has 0 amide bonds. The van der Waals surface area contributed by atoms with Crippen LogP contribution in [0.5, 0.6) is 0 Å². The average Bonchev–Trinajstić information content (AvgIpc) is 3.09. The van der Waals surface area contributed by atoms with Crippen molar-refractivity contribution in [3.05, 3.63) is 0 Å². The largest absolute Gasteiger partial charge is 0.396 e. The summed E-state index contributed by atoms with van der Waals surface area (Å²) >= 11 is 0. The zero-order chi connectivity index (χ0) is 14.8. The second-order valence-electron chi connectivity index (χ2n) is 6.52. The Hall–Kier alpha value is -0.0400. The van der Waals surface area contributed by atoms with Gasteiger partial charge in [0.2, 0.25) is 0 Å². The van der Waals surface area contributed by atoms with Crippen molar-refractivity contribution in [3.8, 4) is 0 Å². The van der Waals surface area contributed by atoms with E-state index in [0.29, 0.717) is 12.5 Å². The minimum Gasteiger partial charge on any atom is -0.396 e. The molecule has 3 unspecified atom stereocenters. The molecule has 3 atom stereocenters. The molecule has 1 nitrogen and oxygen atoms in total. The molecule has 2 aliphatic rings. The van der Waals surface area contributed by atoms with Gasteiger partial charge in [0.1, 0.15) is 0 Å². The van der Waals surface area contributed by atoms with Gasteiger partial charge < -0.3 is 5.11 Å². The average molecular weight is 271 g/mol. The summed E-state index contributed by atoms with van der Waals surface area (Å²) in [7, 11) is 0. The first-order chi connectivity index (χ1) is 9.10. The first-order valence-electron chi connectivity index (χ1n) is 8.70. The fourth-order valence-corrected chi connectivity index (χ4v) is 2.96. The van der Waals surface area contributed by atoms with E-state index in [4.69, 9.17) is 5.11 Å². The molecule has 0 aliphatic heterocycles. The molecular weight excluding hydrogens is 232 g/mol. The summed E-state index contributed by atoms with van der Waals surface area (Å²) in [5.41, 5.74) is 0. The first kappa shape index (κ1) is 19.0. The zero-order valence-electron chi connectivity index (χ0n) is 14.3. The molecule has 2 rings (SSSR count). The Morgan fingerprint density at radius 1 is 1.11 bits per heavy atom. The number of hydrogen-bond acceptors (Lipinski definition) is 1. The highest BCUT2D eigenvalue weighted by Crippen LogP contribution is 2.52. The quantitative estimate of drug-likeness (QED) is 0.697. The Balaban J connectivity index is 0.000000350. The van der Waals surface area contributed by atoms with Crippen LogP contribution in [-0.4, -0.2) is 11.7 Å². The smallest absolute Gasteiger partial charge is 0.0433 e. The highest BCUT2D eigenvalue weighted by Gasteiger charge is 2.43. The fraction of sp³-hybridized carbons (Fsp3) is 1.00. The number of hydrogen-bond donors (Lipinski definition) is 1. The summed E-state index contributed by atoms with van der Waals surface area (Å²) in [6.45, 7) is 13.4. The van der Waals surface area contributed by atoms with Crippen LogP contribution in [-0.2, 0) is 0 Å². The van der Waals surface area contributed by atoms with Gasteiger partial charge in [0.15, 0.2) is 0 Å². The summed E-state index contributed by atoms with van der Waals surface area (Å²) in [6, 6.07) is 0. The molecule has 1 N–H and O–H groups in total. The van der Waals surface area contributed by atoms with Crippen molar-refractivity contribution in [2.75, 3.05) is 6.61 Å². The van der Waals surface area contributed by atoms with Gasteiger partial charge in [-0.3, -0.25) is 0 Å². The van der Waals surface area contributed by atoms with E-state index in [-0.39, 0.29) is 0 Å². The second kappa shape index (κ2) is 10.7. The number of aliphatic hydroxyl groups excluding tert-OH is 1. The van der Waals surface area contributed by atoms with Gasteiger partial charge in [0.25, 0.3) is 0 Å². The zero-order valence-corrected chi connectivity index (χ0v) is 14.3. The number of aliphatic hydroxyl groups is 1. The lowest BCUT2D eigenvalue weighted by molar-refractivity contribution is 0.193. The summed E-state index contributed by atoms with van der Waals surface area (Å²) in [5.74, 6) is 5.08. The Bertz CT molecular complexity index is 196. The summed E-state index contributed by atoms with van der Waals surface area (Å²) in [4.78, 5) is 0. The second-order valence-corrected chi connectivity index (χ2v) is 6.52. The van der Waals surface area contributed by atoms with Crippen LogP contribution in [0.4, 0.5) is 0 Å². The van der Waals surface area contributed by atoms with Crippen molar-refractivity contribution in [2.45, 2.75) is 80.1 Å². The Morgan fingerprint density at radius 3 is 1.89 bits per heavy atom. The third-order valence-corrected chi connectivity index (χ3v) is 4.78. The SMILES string of the molecule is CC.CC(C)CCO.CCC1CC1C(C)C1CCC1. The molecule has 2 saturated carbocycles. The number of rotatable bonds is 5. The predicted molar refractivity (Wildman–Crippen MR) is 86.3 cm³/mol. The molecule has 0 radical (unpaired) electrons. The third kappa shape index (κ3) is 7.34. The van der Waals surface area contributed by atoms with Crippen LogP contribution in [0.3, 0.4) is 0 Å². The van der Waals surface area contributed by atoms with Gasteiger partial charge in [0.05, 0.1) is 0 Å². The molecule has 116 valence electrons. The third-order valence-electron chi connectivity index (χ3n) is 4.78. The summed E-state index contributed by atoms with van der Waals surface area (Å²) < 4.78 is 0. The highest BCUT2D eigenvalue weighted by molar-refractivity contribution is 4.92. The van der Waals surface area contributed by atoms with Crippen molar-refractivity contribution in [1.29, 1.82) is 0 Å². The maximum Gasteiger partial charge on any atom is 0.0433 e. The monoisotopic (exact) mass is 270 g/mol. The lowest BCUT2D eigenvalue weighted by Gasteiger charge is -2.31. The predicted octanol–water partition coefficient (Wildman–Crippen LogP) is 5.52. The Kier molecular flexibility index (Phi) is 10.7. The molecule has 0 aromatic carbocycles. The minimum absolute atomic E-state index is 0.331. The van der Waals surface area contributed by atoms with Crippen molar-refractivity contribution in [3.63, 3.8) is 0 Å². The highest BCUT2D eigenvalue weighted by atomic mass is 16.2. The topological polar surface area (TPSA) is 20.2 Å². The van der Waals surface area contributed by atoms with Crippen molar-refractivity contribution >= 4 is 0 Å². The lowest BCUT2D eigenvalue weighted by atomic mass is 9.74. The van der Waals surface area contributed by atoms with Crippen LogP contribution in [0.2, 0.25) is 0 Å². The molecule has 0 spiro atoms. The van der Waals surface area contributed by atoms with Crippen molar-refractivity contribution in [1.82, 2.24) is 0 Å². The molecule has 2 aliphatic carbocycles.